The number of halogens is 2. The molecular weight excluding hydrogens is 388 g/mol. The molecule has 1 aromatic carbocycles. The summed E-state index contributed by atoms with van der Waals surface area (Å²) in [6.45, 7) is 7.38. The van der Waals surface area contributed by atoms with E-state index < -0.39 is 12.1 Å². The van der Waals surface area contributed by atoms with Crippen LogP contribution in [0.2, 0.25) is 0 Å². The third kappa shape index (κ3) is 3.55. The van der Waals surface area contributed by atoms with Gasteiger partial charge < -0.3 is 9.64 Å². The average Bonchev–Trinajstić information content (AvgIpc) is 3.25. The summed E-state index contributed by atoms with van der Waals surface area (Å²) in [6, 6.07) is 6.49. The molecule has 1 aromatic heterocycles. The Morgan fingerprint density at radius 2 is 2.13 bits per heavy atom. The molecule has 1 fully saturated rings. The van der Waals surface area contributed by atoms with Crippen molar-refractivity contribution in [1.82, 2.24) is 14.7 Å². The third-order valence-corrected chi connectivity index (χ3v) is 6.42. The molecule has 1 aliphatic carbocycles. The molecule has 1 amide bonds. The molecule has 0 unspecified atom stereocenters. The third-order valence-electron chi connectivity index (χ3n) is 6.42. The van der Waals surface area contributed by atoms with Crippen LogP contribution in [0.15, 0.2) is 37.1 Å². The number of aryl methyl sites for hydroxylation is 2. The maximum absolute atomic E-state index is 13.3. The van der Waals surface area contributed by atoms with Crippen LogP contribution < -0.4 is 0 Å². The van der Waals surface area contributed by atoms with E-state index in [1.807, 2.05) is 0 Å². The highest BCUT2D eigenvalue weighted by Crippen LogP contribution is 2.52. The molecule has 0 radical (unpaired) electrons. The van der Waals surface area contributed by atoms with Gasteiger partial charge in [0.2, 0.25) is 0 Å². The molecule has 4 rings (SSSR count). The Bertz CT molecular complexity index is 961. The average molecular weight is 415 g/mol. The van der Waals surface area contributed by atoms with E-state index in [4.69, 9.17) is 4.74 Å². The topological polar surface area (TPSA) is 47.4 Å². The SMILES string of the molecule is C=CCO[C@H]1CC2(CCN(C(=O)c3cn(C)nc3C(F)F)CC2)c2cc(C)ccc21. The molecule has 5 nitrogen and oxygen atoms in total. The summed E-state index contributed by atoms with van der Waals surface area (Å²) in [7, 11) is 1.55. The van der Waals surface area contributed by atoms with E-state index >= 15 is 0 Å². The van der Waals surface area contributed by atoms with Crippen molar-refractivity contribution in [2.75, 3.05) is 19.7 Å². The number of nitrogens with zero attached hydrogens (tertiary/aromatic N) is 3. The lowest BCUT2D eigenvalue weighted by Crippen LogP contribution is -2.44. The second-order valence-electron chi connectivity index (χ2n) is 8.38. The molecule has 1 atom stereocenters. The van der Waals surface area contributed by atoms with Gasteiger partial charge in [0, 0.05) is 31.7 Å². The number of fused-ring (bicyclic) bond motifs is 2. The zero-order chi connectivity index (χ0) is 21.5. The quantitative estimate of drug-likeness (QED) is 0.676. The first-order valence-corrected chi connectivity index (χ1v) is 10.3. The first kappa shape index (κ1) is 20.7. The van der Waals surface area contributed by atoms with Crippen molar-refractivity contribution in [1.29, 1.82) is 0 Å². The lowest BCUT2D eigenvalue weighted by molar-refractivity contribution is 0.0446. The van der Waals surface area contributed by atoms with Crippen molar-refractivity contribution in [3.8, 4) is 0 Å². The highest BCUT2D eigenvalue weighted by atomic mass is 19.3. The summed E-state index contributed by atoms with van der Waals surface area (Å²) in [5, 5.41) is 3.77. The van der Waals surface area contributed by atoms with Gasteiger partial charge in [-0.25, -0.2) is 8.78 Å². The summed E-state index contributed by atoms with van der Waals surface area (Å²) in [6.07, 6.45) is 2.84. The largest absolute Gasteiger partial charge is 0.369 e. The van der Waals surface area contributed by atoms with Gasteiger partial charge in [-0.15, -0.1) is 6.58 Å². The molecule has 1 spiro atoms. The van der Waals surface area contributed by atoms with E-state index in [0.717, 1.165) is 19.3 Å². The number of amides is 1. The molecule has 1 aliphatic heterocycles. The van der Waals surface area contributed by atoms with Crippen molar-refractivity contribution < 1.29 is 18.3 Å². The fourth-order valence-electron chi connectivity index (χ4n) is 4.93. The maximum atomic E-state index is 13.3. The molecule has 1 saturated heterocycles. The van der Waals surface area contributed by atoms with Crippen molar-refractivity contribution in [3.63, 3.8) is 0 Å². The van der Waals surface area contributed by atoms with Crippen LogP contribution in [-0.4, -0.2) is 40.3 Å². The first-order chi connectivity index (χ1) is 14.3. The van der Waals surface area contributed by atoms with Gasteiger partial charge in [-0.1, -0.05) is 29.8 Å². The second kappa shape index (κ2) is 7.95. The van der Waals surface area contributed by atoms with Gasteiger partial charge in [-0.3, -0.25) is 9.48 Å². The minimum atomic E-state index is -2.77. The molecule has 0 bridgehead atoms. The Morgan fingerprint density at radius 3 is 2.80 bits per heavy atom. The van der Waals surface area contributed by atoms with E-state index in [9.17, 15) is 13.6 Å². The minimum absolute atomic E-state index is 0.00157. The number of hydrogen-bond donors (Lipinski definition) is 0. The van der Waals surface area contributed by atoms with Crippen LogP contribution in [0, 0.1) is 6.92 Å². The number of rotatable bonds is 5. The zero-order valence-corrected chi connectivity index (χ0v) is 17.4. The molecule has 7 heteroatoms. The predicted octanol–water partition coefficient (Wildman–Crippen LogP) is 4.49. The molecule has 160 valence electrons. The lowest BCUT2D eigenvalue weighted by atomic mass is 9.73. The molecule has 2 heterocycles. The van der Waals surface area contributed by atoms with E-state index in [1.54, 1.807) is 18.0 Å². The number of aromatic nitrogens is 2. The summed E-state index contributed by atoms with van der Waals surface area (Å²) >= 11 is 0. The van der Waals surface area contributed by atoms with Crippen LogP contribution in [0.4, 0.5) is 8.78 Å². The Kier molecular flexibility index (Phi) is 5.49. The number of piperidine rings is 1. The number of carbonyl (C=O) groups is 1. The maximum Gasteiger partial charge on any atom is 0.282 e. The number of hydrogen-bond acceptors (Lipinski definition) is 3. The van der Waals surface area contributed by atoms with Gasteiger partial charge >= 0.3 is 0 Å². The van der Waals surface area contributed by atoms with Crippen LogP contribution in [-0.2, 0) is 17.2 Å². The van der Waals surface area contributed by atoms with Gasteiger partial charge in [0.1, 0.15) is 5.69 Å². The second-order valence-corrected chi connectivity index (χ2v) is 8.38. The van der Waals surface area contributed by atoms with Crippen LogP contribution in [0.25, 0.3) is 0 Å². The van der Waals surface area contributed by atoms with Gasteiger partial charge in [0.15, 0.2) is 0 Å². The highest BCUT2D eigenvalue weighted by Gasteiger charge is 2.46. The Labute approximate surface area is 175 Å². The number of likely N-dealkylation sites (tertiary alicyclic amines) is 1. The van der Waals surface area contributed by atoms with Crippen molar-refractivity contribution in [3.05, 3.63) is 65.0 Å². The van der Waals surface area contributed by atoms with Crippen molar-refractivity contribution >= 4 is 5.91 Å². The van der Waals surface area contributed by atoms with Gasteiger partial charge in [0.25, 0.3) is 12.3 Å². The standard InChI is InChI=1S/C23H27F2N3O2/c1-4-11-30-19-13-23(18-12-15(2)5-6-16(18)19)7-9-28(10-8-23)22(29)17-14-27(3)26-20(17)21(24)25/h4-6,12,14,19,21H,1,7-11,13H2,2-3H3/t19-/m0/s1. The molecule has 2 aliphatic rings. The highest BCUT2D eigenvalue weighted by molar-refractivity contribution is 5.95. The molecule has 2 aromatic rings. The Morgan fingerprint density at radius 1 is 1.40 bits per heavy atom. The minimum Gasteiger partial charge on any atom is -0.369 e. The Hall–Kier alpha value is -2.54. The fraction of sp³-hybridized carbons (Fsp3) is 0.478. The van der Waals surface area contributed by atoms with Gasteiger partial charge in [0.05, 0.1) is 18.3 Å². The van der Waals surface area contributed by atoms with Crippen LogP contribution >= 0.6 is 0 Å². The molecule has 0 N–H and O–H groups in total. The number of carbonyl (C=O) groups excluding carboxylic acids is 1. The van der Waals surface area contributed by atoms with E-state index in [-0.39, 0.29) is 23.0 Å². The summed E-state index contributed by atoms with van der Waals surface area (Å²) < 4.78 is 33.9. The van der Waals surface area contributed by atoms with Gasteiger partial charge in [-0.05, 0) is 37.3 Å². The summed E-state index contributed by atoms with van der Waals surface area (Å²) in [4.78, 5) is 14.6. The fourth-order valence-corrected chi connectivity index (χ4v) is 4.93. The van der Waals surface area contributed by atoms with Crippen molar-refractivity contribution in [2.45, 2.75) is 44.1 Å². The predicted molar refractivity (Wildman–Crippen MR) is 110 cm³/mol. The first-order valence-electron chi connectivity index (χ1n) is 10.3. The summed E-state index contributed by atoms with van der Waals surface area (Å²) in [5.74, 6) is -0.366. The number of benzene rings is 1. The van der Waals surface area contributed by atoms with Crippen molar-refractivity contribution in [2.24, 2.45) is 7.05 Å². The smallest absolute Gasteiger partial charge is 0.282 e. The van der Waals surface area contributed by atoms with E-state index in [0.29, 0.717) is 19.7 Å². The molecule has 30 heavy (non-hydrogen) atoms. The number of alkyl halides is 2. The molecule has 0 saturated carbocycles. The molecular formula is C23H27F2N3O2. The van der Waals surface area contributed by atoms with E-state index in [1.165, 1.54) is 27.6 Å². The monoisotopic (exact) mass is 415 g/mol. The van der Waals surface area contributed by atoms with Crippen LogP contribution in [0.3, 0.4) is 0 Å². The zero-order valence-electron chi connectivity index (χ0n) is 17.4. The summed E-state index contributed by atoms with van der Waals surface area (Å²) in [5.41, 5.74) is 3.23. The normalized spacial score (nSPS) is 20.0. The number of ether oxygens (including phenoxy) is 1. The van der Waals surface area contributed by atoms with Crippen LogP contribution in [0.5, 0.6) is 0 Å². The lowest BCUT2D eigenvalue weighted by Gasteiger charge is -2.40. The Balaban J connectivity index is 1.55. The van der Waals surface area contributed by atoms with Gasteiger partial charge in [-0.2, -0.15) is 5.10 Å². The van der Waals surface area contributed by atoms with E-state index in [2.05, 4.69) is 36.8 Å². The van der Waals surface area contributed by atoms with Crippen LogP contribution in [0.1, 0.15) is 64.5 Å².